The minimum atomic E-state index is -4.44. The summed E-state index contributed by atoms with van der Waals surface area (Å²) < 4.78 is 57.9. The molecule has 0 N–H and O–H groups in total. The van der Waals surface area contributed by atoms with Crippen molar-refractivity contribution < 1.29 is 21.6 Å². The van der Waals surface area contributed by atoms with Crippen LogP contribution >= 0.6 is 10.8 Å². The van der Waals surface area contributed by atoms with Gasteiger partial charge in [0.25, 0.3) is 0 Å². The van der Waals surface area contributed by atoms with Crippen LogP contribution in [0.15, 0.2) is 0 Å². The summed E-state index contributed by atoms with van der Waals surface area (Å²) in [5.74, 6) is -1.52. The minimum Gasteiger partial charge on any atom is -0.217 e. The molecule has 1 atom stereocenters. The summed E-state index contributed by atoms with van der Waals surface area (Å²) in [6, 6.07) is 0. The lowest BCUT2D eigenvalue weighted by Gasteiger charge is -2.15. The van der Waals surface area contributed by atoms with Gasteiger partial charge in [-0.2, -0.15) is 13.2 Å². The largest absolute Gasteiger partial charge is 0.398 e. The maximum absolute atomic E-state index is 11.8. The number of hydrogen-bond acceptors (Lipinski definition) is 3. The van der Waals surface area contributed by atoms with Gasteiger partial charge < -0.3 is 0 Å². The van der Waals surface area contributed by atoms with E-state index in [4.69, 9.17) is 0 Å². The fraction of sp³-hybridized carbons (Fsp3) is 1.00. The van der Waals surface area contributed by atoms with Gasteiger partial charge in [0.1, 0.15) is 5.75 Å². The first-order valence-corrected chi connectivity index (χ1v) is 7.06. The van der Waals surface area contributed by atoms with Crippen LogP contribution in [-0.4, -0.2) is 25.6 Å². The molecule has 0 aliphatic heterocycles. The van der Waals surface area contributed by atoms with Crippen LogP contribution in [0.4, 0.5) is 13.2 Å². The van der Waals surface area contributed by atoms with Crippen molar-refractivity contribution in [1.29, 1.82) is 0 Å². The molecule has 0 fully saturated rings. The molecule has 0 aromatic rings. The Morgan fingerprint density at radius 2 is 1.64 bits per heavy atom. The third-order valence-corrected chi connectivity index (χ3v) is 6.26. The fourth-order valence-corrected chi connectivity index (χ4v) is 3.97. The van der Waals surface area contributed by atoms with Crippen molar-refractivity contribution in [2.75, 3.05) is 5.75 Å². The summed E-state index contributed by atoms with van der Waals surface area (Å²) in [5, 5.41) is -0.755. The van der Waals surface area contributed by atoms with E-state index in [9.17, 15) is 21.6 Å². The zero-order chi connectivity index (χ0) is 11.6. The van der Waals surface area contributed by atoms with Crippen molar-refractivity contribution >= 4 is 19.7 Å². The Morgan fingerprint density at radius 3 is 1.93 bits per heavy atom. The number of rotatable bonds is 4. The van der Waals surface area contributed by atoms with Crippen molar-refractivity contribution in [2.24, 2.45) is 5.92 Å². The second-order valence-corrected chi connectivity index (χ2v) is 7.67. The van der Waals surface area contributed by atoms with Crippen LogP contribution in [0, 0.1) is 5.92 Å². The van der Waals surface area contributed by atoms with Gasteiger partial charge in [0.05, 0.1) is 5.25 Å². The van der Waals surface area contributed by atoms with Gasteiger partial charge in [0.15, 0.2) is 0 Å². The van der Waals surface area contributed by atoms with Gasteiger partial charge in [0.2, 0.25) is 8.87 Å². The predicted octanol–water partition coefficient (Wildman–Crippen LogP) is 2.66. The van der Waals surface area contributed by atoms with Gasteiger partial charge in [-0.1, -0.05) is 13.8 Å². The van der Waals surface area contributed by atoms with Gasteiger partial charge in [-0.15, -0.1) is 0 Å². The van der Waals surface area contributed by atoms with Gasteiger partial charge in [-0.3, -0.25) is 0 Å². The van der Waals surface area contributed by atoms with Crippen molar-refractivity contribution in [3.05, 3.63) is 0 Å². The summed E-state index contributed by atoms with van der Waals surface area (Å²) in [5.41, 5.74) is 0. The Bertz CT molecular complexity index is 269. The quantitative estimate of drug-likeness (QED) is 0.719. The number of halogens is 3. The highest BCUT2D eigenvalue weighted by Crippen LogP contribution is 2.29. The first-order chi connectivity index (χ1) is 6.06. The molecule has 0 aliphatic carbocycles. The van der Waals surface area contributed by atoms with E-state index in [0.29, 0.717) is 0 Å². The third kappa shape index (κ3) is 5.09. The number of hydrogen-bond donors (Lipinski definition) is 0. The molecule has 0 aromatic carbocycles. The van der Waals surface area contributed by atoms with E-state index in [2.05, 4.69) is 0 Å². The van der Waals surface area contributed by atoms with Crippen LogP contribution in [0.5, 0.6) is 0 Å². The van der Waals surface area contributed by atoms with Crippen LogP contribution in [0.2, 0.25) is 0 Å². The highest BCUT2D eigenvalue weighted by atomic mass is 33.1. The standard InChI is InChI=1S/C7H13F3O2S2/c1-5(2)6(3)14(11,12)13-4-7(8,9)10/h5-6H,4H2,1-3H3. The molecule has 86 valence electrons. The highest BCUT2D eigenvalue weighted by Gasteiger charge is 2.33. The molecule has 0 bridgehead atoms. The zero-order valence-corrected chi connectivity index (χ0v) is 9.76. The van der Waals surface area contributed by atoms with E-state index in [1.807, 2.05) is 0 Å². The van der Waals surface area contributed by atoms with E-state index < -0.39 is 26.0 Å². The second-order valence-electron chi connectivity index (χ2n) is 3.32. The first-order valence-electron chi connectivity index (χ1n) is 4.01. The Balaban J connectivity index is 4.37. The maximum Gasteiger partial charge on any atom is 0.398 e. The Kier molecular flexibility index (Phi) is 4.77. The average Bonchev–Trinajstić information content (AvgIpc) is 1.98. The molecule has 0 spiro atoms. The molecular weight excluding hydrogens is 237 g/mol. The summed E-state index contributed by atoms with van der Waals surface area (Å²) in [7, 11) is -3.73. The van der Waals surface area contributed by atoms with E-state index in [0.717, 1.165) is 0 Å². The fourth-order valence-electron chi connectivity index (χ4n) is 0.590. The van der Waals surface area contributed by atoms with Crippen molar-refractivity contribution in [2.45, 2.75) is 32.2 Å². The molecule has 0 amide bonds. The van der Waals surface area contributed by atoms with E-state index >= 15 is 0 Å². The van der Waals surface area contributed by atoms with Crippen LogP contribution in [-0.2, 0) is 8.87 Å². The molecule has 0 aromatic heterocycles. The molecular formula is C7H13F3O2S2. The highest BCUT2D eigenvalue weighted by molar-refractivity contribution is 8.72. The molecule has 0 heterocycles. The summed E-state index contributed by atoms with van der Waals surface area (Å²) in [6.45, 7) is 4.75. The normalized spacial score (nSPS) is 15.9. The Morgan fingerprint density at radius 1 is 1.21 bits per heavy atom. The smallest absolute Gasteiger partial charge is 0.217 e. The lowest BCUT2D eigenvalue weighted by atomic mass is 10.2. The third-order valence-electron chi connectivity index (χ3n) is 1.78. The molecule has 0 aliphatic rings. The van der Waals surface area contributed by atoms with Crippen LogP contribution in [0.3, 0.4) is 0 Å². The molecule has 0 saturated heterocycles. The molecule has 14 heavy (non-hydrogen) atoms. The van der Waals surface area contributed by atoms with Crippen molar-refractivity contribution in [3.8, 4) is 0 Å². The molecule has 0 rings (SSSR count). The predicted molar refractivity (Wildman–Crippen MR) is 51.7 cm³/mol. The zero-order valence-electron chi connectivity index (χ0n) is 8.13. The average molecular weight is 250 g/mol. The topological polar surface area (TPSA) is 34.1 Å². The summed E-state index contributed by atoms with van der Waals surface area (Å²) in [4.78, 5) is 0. The maximum atomic E-state index is 11.8. The van der Waals surface area contributed by atoms with Crippen LogP contribution in [0.25, 0.3) is 0 Å². The molecule has 0 radical (unpaired) electrons. The lowest BCUT2D eigenvalue weighted by Crippen LogP contribution is -2.23. The molecule has 2 nitrogen and oxygen atoms in total. The monoisotopic (exact) mass is 250 g/mol. The molecule has 0 saturated carbocycles. The van der Waals surface area contributed by atoms with E-state index in [-0.39, 0.29) is 16.7 Å². The SMILES string of the molecule is CC(C)C(C)S(=O)(=O)SCC(F)(F)F. The minimum absolute atomic E-state index is 0.0307. The molecule has 7 heteroatoms. The van der Waals surface area contributed by atoms with Gasteiger partial charge in [-0.25, -0.2) is 8.42 Å². The van der Waals surface area contributed by atoms with Crippen LogP contribution < -0.4 is 0 Å². The Labute approximate surface area is 85.6 Å². The van der Waals surface area contributed by atoms with E-state index in [1.165, 1.54) is 6.92 Å². The second kappa shape index (κ2) is 4.74. The van der Waals surface area contributed by atoms with Crippen LogP contribution in [0.1, 0.15) is 20.8 Å². The Hall–Kier alpha value is 0.0900. The van der Waals surface area contributed by atoms with Crippen molar-refractivity contribution in [3.63, 3.8) is 0 Å². The summed E-state index contributed by atoms with van der Waals surface area (Å²) >= 11 is 0. The van der Waals surface area contributed by atoms with Gasteiger partial charge in [0, 0.05) is 0 Å². The van der Waals surface area contributed by atoms with Gasteiger partial charge in [-0.05, 0) is 23.6 Å². The first kappa shape index (κ1) is 14.1. The molecule has 1 unspecified atom stereocenters. The number of alkyl halides is 3. The van der Waals surface area contributed by atoms with E-state index in [1.54, 1.807) is 13.8 Å². The van der Waals surface area contributed by atoms with Gasteiger partial charge >= 0.3 is 6.18 Å². The van der Waals surface area contributed by atoms with Crippen molar-refractivity contribution in [1.82, 2.24) is 0 Å². The lowest BCUT2D eigenvalue weighted by molar-refractivity contribution is -0.105. The summed E-state index contributed by atoms with van der Waals surface area (Å²) in [6.07, 6.45) is -4.44.